The summed E-state index contributed by atoms with van der Waals surface area (Å²) in [5.41, 5.74) is 0. The predicted molar refractivity (Wildman–Crippen MR) is 102 cm³/mol. The largest absolute Gasteiger partial charge is 0.379 e. The van der Waals surface area contributed by atoms with Gasteiger partial charge in [0.2, 0.25) is 0 Å². The average Bonchev–Trinajstić information content (AvgIpc) is 3.15. The van der Waals surface area contributed by atoms with Crippen LogP contribution in [0.3, 0.4) is 0 Å². The highest BCUT2D eigenvalue weighted by atomic mass is 32.1. The topological polar surface area (TPSA) is 52.1 Å². The fraction of sp³-hybridized carbons (Fsp3) is 0.706. The minimum absolute atomic E-state index is 0.366. The second-order valence-corrected chi connectivity index (χ2v) is 6.93. The Balaban J connectivity index is 1.86. The van der Waals surface area contributed by atoms with E-state index in [2.05, 4.69) is 56.9 Å². The van der Waals surface area contributed by atoms with Crippen LogP contribution in [0.2, 0.25) is 0 Å². The lowest BCUT2D eigenvalue weighted by atomic mass is 10.2. The Morgan fingerprint density at radius 3 is 2.83 bits per heavy atom. The molecule has 0 aromatic carbocycles. The second-order valence-electron chi connectivity index (χ2n) is 5.96. The number of hydrogen-bond donors (Lipinski definition) is 2. The lowest BCUT2D eigenvalue weighted by Crippen LogP contribution is -2.47. The number of aliphatic imine (C=N–C) groups is 1. The smallest absolute Gasteiger partial charge is 0.191 e. The molecule has 1 saturated heterocycles. The van der Waals surface area contributed by atoms with Crippen LogP contribution in [0, 0.1) is 0 Å². The van der Waals surface area contributed by atoms with Gasteiger partial charge in [-0.1, -0.05) is 13.0 Å². The molecule has 1 aliphatic rings. The SMILES string of the molecule is CCN(C)CCNC(=NC)NCC(c1cccs1)N1CCOCC1. The summed E-state index contributed by atoms with van der Waals surface area (Å²) in [5.74, 6) is 0.870. The van der Waals surface area contributed by atoms with Gasteiger partial charge in [-0.15, -0.1) is 11.3 Å². The fourth-order valence-corrected chi connectivity index (χ4v) is 3.58. The molecule has 2 rings (SSSR count). The van der Waals surface area contributed by atoms with Crippen molar-refractivity contribution in [1.82, 2.24) is 20.4 Å². The van der Waals surface area contributed by atoms with Crippen LogP contribution >= 0.6 is 11.3 Å². The van der Waals surface area contributed by atoms with Gasteiger partial charge in [0.05, 0.1) is 19.3 Å². The first-order valence-electron chi connectivity index (χ1n) is 8.72. The number of nitrogens with one attached hydrogen (secondary N) is 2. The van der Waals surface area contributed by atoms with E-state index in [9.17, 15) is 0 Å². The molecule has 0 spiro atoms. The maximum atomic E-state index is 5.50. The van der Waals surface area contributed by atoms with Crippen molar-refractivity contribution < 1.29 is 4.74 Å². The highest BCUT2D eigenvalue weighted by molar-refractivity contribution is 7.10. The molecule has 1 aliphatic heterocycles. The molecule has 2 N–H and O–H groups in total. The first-order chi connectivity index (χ1) is 11.7. The molecule has 0 saturated carbocycles. The van der Waals surface area contributed by atoms with E-state index in [-0.39, 0.29) is 0 Å². The number of thiophene rings is 1. The molecule has 0 radical (unpaired) electrons. The zero-order valence-corrected chi connectivity index (χ0v) is 15.9. The summed E-state index contributed by atoms with van der Waals surface area (Å²) in [7, 11) is 3.96. The monoisotopic (exact) mass is 353 g/mol. The molecular weight excluding hydrogens is 322 g/mol. The van der Waals surface area contributed by atoms with Gasteiger partial charge in [0.15, 0.2) is 5.96 Å². The number of likely N-dealkylation sites (N-methyl/N-ethyl adjacent to an activating group) is 1. The van der Waals surface area contributed by atoms with Gasteiger partial charge < -0.3 is 20.3 Å². The lowest BCUT2D eigenvalue weighted by Gasteiger charge is -2.34. The summed E-state index contributed by atoms with van der Waals surface area (Å²) in [6.45, 7) is 9.59. The van der Waals surface area contributed by atoms with Gasteiger partial charge in [-0.05, 0) is 25.0 Å². The molecule has 0 bridgehead atoms. The summed E-state index contributed by atoms with van der Waals surface area (Å²) in [4.78, 5) is 10.5. The Bertz CT molecular complexity index is 473. The molecule has 136 valence electrons. The van der Waals surface area contributed by atoms with E-state index in [1.807, 2.05) is 18.4 Å². The van der Waals surface area contributed by atoms with Crippen LogP contribution in [-0.4, -0.2) is 82.3 Å². The summed E-state index contributed by atoms with van der Waals surface area (Å²) in [5, 5.41) is 9.04. The first-order valence-corrected chi connectivity index (χ1v) is 9.60. The van der Waals surface area contributed by atoms with E-state index < -0.39 is 0 Å². The van der Waals surface area contributed by atoms with Gasteiger partial charge in [-0.2, -0.15) is 0 Å². The summed E-state index contributed by atoms with van der Waals surface area (Å²) < 4.78 is 5.50. The Kier molecular flexibility index (Phi) is 8.52. The summed E-state index contributed by atoms with van der Waals surface area (Å²) in [6, 6.07) is 4.71. The third-order valence-corrected chi connectivity index (χ3v) is 5.34. The Morgan fingerprint density at radius 1 is 1.42 bits per heavy atom. The van der Waals surface area contributed by atoms with E-state index in [1.54, 1.807) is 0 Å². The van der Waals surface area contributed by atoms with Gasteiger partial charge >= 0.3 is 0 Å². The van der Waals surface area contributed by atoms with E-state index in [1.165, 1.54) is 4.88 Å². The van der Waals surface area contributed by atoms with Crippen molar-refractivity contribution in [3.63, 3.8) is 0 Å². The van der Waals surface area contributed by atoms with Gasteiger partial charge in [-0.25, -0.2) is 0 Å². The molecule has 1 aromatic heterocycles. The molecule has 6 nitrogen and oxygen atoms in total. The summed E-state index contributed by atoms with van der Waals surface area (Å²) >= 11 is 1.82. The number of morpholine rings is 1. The quantitative estimate of drug-likeness (QED) is 0.544. The molecule has 2 heterocycles. The maximum absolute atomic E-state index is 5.50. The molecule has 1 fully saturated rings. The number of nitrogens with zero attached hydrogens (tertiary/aromatic N) is 3. The van der Waals surface area contributed by atoms with Crippen LogP contribution < -0.4 is 10.6 Å². The van der Waals surface area contributed by atoms with Crippen molar-refractivity contribution >= 4 is 17.3 Å². The molecule has 24 heavy (non-hydrogen) atoms. The predicted octanol–water partition coefficient (Wildman–Crippen LogP) is 1.24. The third-order valence-electron chi connectivity index (χ3n) is 4.37. The molecule has 0 aliphatic carbocycles. The van der Waals surface area contributed by atoms with Crippen LogP contribution in [0.15, 0.2) is 22.5 Å². The normalized spacial score (nSPS) is 17.9. The Morgan fingerprint density at radius 2 is 2.21 bits per heavy atom. The van der Waals surface area contributed by atoms with Crippen LogP contribution in [0.25, 0.3) is 0 Å². The third kappa shape index (κ3) is 6.05. The number of guanidine groups is 1. The highest BCUT2D eigenvalue weighted by Crippen LogP contribution is 2.25. The van der Waals surface area contributed by atoms with E-state index in [0.29, 0.717) is 6.04 Å². The second kappa shape index (κ2) is 10.7. The number of ether oxygens (including phenoxy) is 1. The fourth-order valence-electron chi connectivity index (χ4n) is 2.72. The lowest BCUT2D eigenvalue weighted by molar-refractivity contribution is 0.0177. The van der Waals surface area contributed by atoms with E-state index in [0.717, 1.165) is 58.4 Å². The Labute approximate surface area is 149 Å². The number of rotatable bonds is 8. The molecular formula is C17H31N5OS. The van der Waals surface area contributed by atoms with E-state index in [4.69, 9.17) is 4.74 Å². The standard InChI is InChI=1S/C17H31N5OS/c1-4-21(3)8-7-19-17(18-2)20-14-15(16-6-5-13-24-16)22-9-11-23-12-10-22/h5-6,13,15H,4,7-12,14H2,1-3H3,(H2,18,19,20). The molecule has 0 amide bonds. The number of hydrogen-bond acceptors (Lipinski definition) is 5. The minimum atomic E-state index is 0.366. The van der Waals surface area contributed by atoms with Crippen molar-refractivity contribution in [3.8, 4) is 0 Å². The first kappa shape index (κ1) is 19.2. The summed E-state index contributed by atoms with van der Waals surface area (Å²) in [6.07, 6.45) is 0. The Hall–Kier alpha value is -1.15. The zero-order valence-electron chi connectivity index (χ0n) is 15.1. The average molecular weight is 354 g/mol. The van der Waals surface area contributed by atoms with Crippen molar-refractivity contribution in [3.05, 3.63) is 22.4 Å². The van der Waals surface area contributed by atoms with Gasteiger partial charge in [0.1, 0.15) is 0 Å². The van der Waals surface area contributed by atoms with Gasteiger partial charge in [0.25, 0.3) is 0 Å². The van der Waals surface area contributed by atoms with Crippen LogP contribution in [0.1, 0.15) is 17.8 Å². The van der Waals surface area contributed by atoms with Gasteiger partial charge in [0, 0.05) is 44.6 Å². The molecule has 7 heteroatoms. The van der Waals surface area contributed by atoms with Crippen molar-refractivity contribution in [2.24, 2.45) is 4.99 Å². The molecule has 1 atom stereocenters. The highest BCUT2D eigenvalue weighted by Gasteiger charge is 2.23. The van der Waals surface area contributed by atoms with Crippen molar-refractivity contribution in [2.75, 3.05) is 66.6 Å². The maximum Gasteiger partial charge on any atom is 0.191 e. The molecule has 1 aromatic rings. The van der Waals surface area contributed by atoms with E-state index >= 15 is 0 Å². The zero-order chi connectivity index (χ0) is 17.2. The van der Waals surface area contributed by atoms with Gasteiger partial charge in [-0.3, -0.25) is 9.89 Å². The minimum Gasteiger partial charge on any atom is -0.379 e. The van der Waals surface area contributed by atoms with Crippen molar-refractivity contribution in [2.45, 2.75) is 13.0 Å². The van der Waals surface area contributed by atoms with Crippen LogP contribution in [0.4, 0.5) is 0 Å². The molecule has 1 unspecified atom stereocenters. The van der Waals surface area contributed by atoms with Crippen LogP contribution in [0.5, 0.6) is 0 Å². The van der Waals surface area contributed by atoms with Crippen LogP contribution in [-0.2, 0) is 4.74 Å². The van der Waals surface area contributed by atoms with Crippen molar-refractivity contribution in [1.29, 1.82) is 0 Å².